The van der Waals surface area contributed by atoms with E-state index in [9.17, 15) is 0 Å². The fourth-order valence-corrected chi connectivity index (χ4v) is 3.99. The zero-order chi connectivity index (χ0) is 10.5. The van der Waals surface area contributed by atoms with Crippen molar-refractivity contribution >= 4 is 23.2 Å². The fourth-order valence-electron chi connectivity index (χ4n) is 2.55. The minimum Gasteiger partial charge on any atom is -0.350 e. The summed E-state index contributed by atoms with van der Waals surface area (Å²) in [5, 5.41) is 13.2. The maximum atomic E-state index is 4.54. The second-order valence-corrected chi connectivity index (χ2v) is 5.66. The van der Waals surface area contributed by atoms with Gasteiger partial charge >= 0.3 is 0 Å². The van der Waals surface area contributed by atoms with Crippen LogP contribution in [0.5, 0.6) is 0 Å². The van der Waals surface area contributed by atoms with E-state index in [1.807, 2.05) is 6.07 Å². The highest BCUT2D eigenvalue weighted by Crippen LogP contribution is 2.39. The molecule has 2 saturated heterocycles. The Morgan fingerprint density at radius 1 is 1.38 bits per heavy atom. The van der Waals surface area contributed by atoms with E-state index in [1.165, 1.54) is 12.2 Å². The van der Waals surface area contributed by atoms with Crippen LogP contribution in [0, 0.1) is 0 Å². The maximum absolute atomic E-state index is 4.54. The number of hydrogen-bond acceptors (Lipinski definition) is 5. The summed E-state index contributed by atoms with van der Waals surface area (Å²) in [5.74, 6) is 2.30. The predicted octanol–water partition coefficient (Wildman–Crippen LogP) is 0.818. The minimum absolute atomic E-state index is 0.677. The third kappa shape index (κ3) is 1.16. The Balaban J connectivity index is 1.76. The first-order valence-electron chi connectivity index (χ1n) is 5.45. The highest BCUT2D eigenvalue weighted by Gasteiger charge is 2.39. The summed E-state index contributed by atoms with van der Waals surface area (Å²) in [5.41, 5.74) is 0.808. The smallest absolute Gasteiger partial charge is 0.177 e. The molecule has 16 heavy (non-hydrogen) atoms. The predicted molar refractivity (Wildman–Crippen MR) is 62.8 cm³/mol. The quantitative estimate of drug-likeness (QED) is 0.729. The number of rotatable bonds is 1. The first-order valence-corrected chi connectivity index (χ1v) is 6.50. The zero-order valence-electron chi connectivity index (χ0n) is 8.65. The first-order chi connectivity index (χ1) is 7.90. The van der Waals surface area contributed by atoms with Gasteiger partial charge in [-0.1, -0.05) is 0 Å². The fraction of sp³-hybridized carbons (Fsp3) is 0.500. The Morgan fingerprint density at radius 2 is 2.38 bits per heavy atom. The zero-order valence-corrected chi connectivity index (χ0v) is 9.47. The van der Waals surface area contributed by atoms with E-state index in [0.29, 0.717) is 6.04 Å². The van der Waals surface area contributed by atoms with Crippen LogP contribution in [0.1, 0.15) is 6.42 Å². The standard InChI is InChI=1S/C10H11N5S/c1-2-10(13-15-6-11-12-9(1)15)14-4-8-3-7(14)5-16-8/h1-2,6-8H,3-5H2/t7-,8+/m0/s1. The highest BCUT2D eigenvalue weighted by atomic mass is 32.2. The van der Waals surface area contributed by atoms with Crippen LogP contribution in [0.25, 0.3) is 5.65 Å². The molecule has 5 nitrogen and oxygen atoms in total. The van der Waals surface area contributed by atoms with Crippen LogP contribution < -0.4 is 4.90 Å². The lowest BCUT2D eigenvalue weighted by molar-refractivity contribution is 0.736. The summed E-state index contributed by atoms with van der Waals surface area (Å²) in [7, 11) is 0. The Morgan fingerprint density at radius 3 is 3.19 bits per heavy atom. The molecule has 0 spiro atoms. The Kier molecular flexibility index (Phi) is 1.71. The van der Waals surface area contributed by atoms with Crippen molar-refractivity contribution in [1.29, 1.82) is 0 Å². The van der Waals surface area contributed by atoms with Crippen LogP contribution in [0.15, 0.2) is 18.5 Å². The van der Waals surface area contributed by atoms with Gasteiger partial charge in [0.05, 0.1) is 0 Å². The third-order valence-electron chi connectivity index (χ3n) is 3.34. The molecule has 2 atom stereocenters. The van der Waals surface area contributed by atoms with Gasteiger partial charge in [-0.25, -0.2) is 0 Å². The molecule has 2 aromatic heterocycles. The van der Waals surface area contributed by atoms with Crippen molar-refractivity contribution in [2.45, 2.75) is 17.7 Å². The van der Waals surface area contributed by atoms with Crippen molar-refractivity contribution in [2.75, 3.05) is 17.2 Å². The Hall–Kier alpha value is -1.30. The number of hydrogen-bond donors (Lipinski definition) is 0. The lowest BCUT2D eigenvalue weighted by Crippen LogP contribution is -2.34. The molecular weight excluding hydrogens is 222 g/mol. The molecule has 2 fully saturated rings. The van der Waals surface area contributed by atoms with Crippen LogP contribution in [-0.4, -0.2) is 43.4 Å². The molecule has 2 aromatic rings. The van der Waals surface area contributed by atoms with Crippen molar-refractivity contribution in [3.8, 4) is 0 Å². The summed E-state index contributed by atoms with van der Waals surface area (Å²) in [4.78, 5) is 2.42. The molecule has 0 N–H and O–H groups in total. The van der Waals surface area contributed by atoms with E-state index in [0.717, 1.165) is 23.3 Å². The van der Waals surface area contributed by atoms with Gasteiger partial charge in [0.2, 0.25) is 0 Å². The minimum atomic E-state index is 0.677. The summed E-state index contributed by atoms with van der Waals surface area (Å²) in [6.45, 7) is 1.13. The van der Waals surface area contributed by atoms with Gasteiger partial charge in [-0.05, 0) is 18.6 Å². The van der Waals surface area contributed by atoms with Crippen LogP contribution in [-0.2, 0) is 0 Å². The molecule has 6 heteroatoms. The molecule has 4 rings (SSSR count). The highest BCUT2D eigenvalue weighted by molar-refractivity contribution is 8.00. The number of thioether (sulfide) groups is 1. The van der Waals surface area contributed by atoms with E-state index < -0.39 is 0 Å². The van der Waals surface area contributed by atoms with Gasteiger partial charge in [0.15, 0.2) is 5.65 Å². The second-order valence-electron chi connectivity index (χ2n) is 4.32. The summed E-state index contributed by atoms with van der Waals surface area (Å²) >= 11 is 2.09. The molecule has 0 radical (unpaired) electrons. The van der Waals surface area contributed by atoms with E-state index >= 15 is 0 Å². The molecule has 0 amide bonds. The lowest BCUT2D eigenvalue weighted by atomic mass is 10.2. The van der Waals surface area contributed by atoms with E-state index in [-0.39, 0.29) is 0 Å². The third-order valence-corrected chi connectivity index (χ3v) is 4.73. The van der Waals surface area contributed by atoms with Gasteiger partial charge < -0.3 is 4.90 Å². The van der Waals surface area contributed by atoms with Gasteiger partial charge in [-0.15, -0.1) is 15.3 Å². The van der Waals surface area contributed by atoms with Crippen LogP contribution in [0.3, 0.4) is 0 Å². The normalized spacial score (nSPS) is 28.1. The van der Waals surface area contributed by atoms with Gasteiger partial charge in [-0.2, -0.15) is 16.3 Å². The largest absolute Gasteiger partial charge is 0.350 e. The summed E-state index contributed by atoms with van der Waals surface area (Å²) in [6.07, 6.45) is 2.97. The monoisotopic (exact) mass is 233 g/mol. The summed E-state index contributed by atoms with van der Waals surface area (Å²) in [6, 6.07) is 4.71. The molecule has 82 valence electrons. The van der Waals surface area contributed by atoms with Crippen molar-refractivity contribution in [2.24, 2.45) is 0 Å². The number of fused-ring (bicyclic) bond motifs is 3. The molecule has 0 unspecified atom stereocenters. The molecule has 0 aromatic carbocycles. The maximum Gasteiger partial charge on any atom is 0.177 e. The molecule has 4 heterocycles. The van der Waals surface area contributed by atoms with E-state index in [4.69, 9.17) is 0 Å². The van der Waals surface area contributed by atoms with Gasteiger partial charge in [0.25, 0.3) is 0 Å². The second kappa shape index (κ2) is 3.10. The molecule has 0 saturated carbocycles. The topological polar surface area (TPSA) is 46.3 Å². The van der Waals surface area contributed by atoms with Crippen molar-refractivity contribution in [3.63, 3.8) is 0 Å². The molecule has 2 aliphatic rings. The molecular formula is C10H11N5S. The summed E-state index contributed by atoms with van der Waals surface area (Å²) < 4.78 is 1.74. The average Bonchev–Trinajstić information content (AvgIpc) is 3.03. The van der Waals surface area contributed by atoms with Crippen molar-refractivity contribution in [1.82, 2.24) is 19.8 Å². The van der Waals surface area contributed by atoms with Crippen LogP contribution >= 0.6 is 11.8 Å². The molecule has 2 bridgehead atoms. The number of nitrogens with zero attached hydrogens (tertiary/aromatic N) is 5. The van der Waals surface area contributed by atoms with Gasteiger partial charge in [-0.3, -0.25) is 0 Å². The number of aromatic nitrogens is 4. The lowest BCUT2D eigenvalue weighted by Gasteiger charge is -2.27. The average molecular weight is 233 g/mol. The van der Waals surface area contributed by atoms with Crippen molar-refractivity contribution < 1.29 is 0 Å². The SMILES string of the molecule is c1cc2nncn2nc1N1C[C@H]2C[C@H]1CS2. The number of anilines is 1. The molecule has 0 aliphatic carbocycles. The van der Waals surface area contributed by atoms with Crippen molar-refractivity contribution in [3.05, 3.63) is 18.5 Å². The first kappa shape index (κ1) is 8.81. The van der Waals surface area contributed by atoms with Crippen LogP contribution in [0.4, 0.5) is 5.82 Å². The Bertz CT molecular complexity index is 539. The van der Waals surface area contributed by atoms with Crippen LogP contribution in [0.2, 0.25) is 0 Å². The molecule has 2 aliphatic heterocycles. The van der Waals surface area contributed by atoms with Gasteiger partial charge in [0.1, 0.15) is 12.1 Å². The van der Waals surface area contributed by atoms with E-state index in [1.54, 1.807) is 10.8 Å². The Labute approximate surface area is 96.8 Å². The van der Waals surface area contributed by atoms with Gasteiger partial charge in [0, 0.05) is 23.6 Å². The van der Waals surface area contributed by atoms with E-state index in [2.05, 4.69) is 38.0 Å².